The largest absolute Gasteiger partial charge is 0.445 e. The van der Waals surface area contributed by atoms with Crippen LogP contribution < -0.4 is 10.6 Å². The van der Waals surface area contributed by atoms with Gasteiger partial charge in [-0.1, -0.05) is 68.4 Å². The topological polar surface area (TPSA) is 70.7 Å². The van der Waals surface area contributed by atoms with Crippen LogP contribution in [-0.4, -0.2) is 36.0 Å². The van der Waals surface area contributed by atoms with E-state index in [2.05, 4.69) is 41.5 Å². The third-order valence-corrected chi connectivity index (χ3v) is 4.73. The number of hydrogen-bond donors (Lipinski definition) is 2. The number of rotatable bonds is 10. The summed E-state index contributed by atoms with van der Waals surface area (Å²) in [6, 6.07) is 16.9. The van der Waals surface area contributed by atoms with Crippen molar-refractivity contribution in [2.24, 2.45) is 0 Å². The number of ether oxygens (including phenoxy) is 1. The smallest absolute Gasteiger partial charge is 0.408 e. The van der Waals surface area contributed by atoms with E-state index >= 15 is 0 Å². The van der Waals surface area contributed by atoms with E-state index in [1.807, 2.05) is 42.5 Å². The SMILES string of the molecule is CCN(CC)Cc1ccc(CNC(=O)[C@H](C)NC(=O)OCc2ccccc2)cc1. The number of benzene rings is 2. The van der Waals surface area contributed by atoms with Gasteiger partial charge in [0.15, 0.2) is 0 Å². The number of amides is 2. The summed E-state index contributed by atoms with van der Waals surface area (Å²) >= 11 is 0. The first-order valence-electron chi connectivity index (χ1n) is 10.1. The Bertz CT molecular complexity index is 759. The van der Waals surface area contributed by atoms with E-state index < -0.39 is 12.1 Å². The minimum Gasteiger partial charge on any atom is -0.445 e. The van der Waals surface area contributed by atoms with Crippen molar-refractivity contribution in [2.75, 3.05) is 13.1 Å². The summed E-state index contributed by atoms with van der Waals surface area (Å²) in [5, 5.41) is 5.39. The third-order valence-electron chi connectivity index (χ3n) is 4.73. The van der Waals surface area contributed by atoms with Gasteiger partial charge in [-0.25, -0.2) is 4.79 Å². The molecule has 1 atom stereocenters. The normalized spacial score (nSPS) is 11.7. The Kier molecular flexibility index (Phi) is 9.18. The molecule has 0 unspecified atom stereocenters. The zero-order valence-electron chi connectivity index (χ0n) is 17.5. The minimum absolute atomic E-state index is 0.168. The molecule has 2 aromatic carbocycles. The van der Waals surface area contributed by atoms with Crippen LogP contribution >= 0.6 is 0 Å². The Morgan fingerprint density at radius 3 is 2.17 bits per heavy atom. The van der Waals surface area contributed by atoms with Gasteiger partial charge in [0.25, 0.3) is 0 Å². The fourth-order valence-corrected chi connectivity index (χ4v) is 2.82. The predicted octanol–water partition coefficient (Wildman–Crippen LogP) is 3.46. The van der Waals surface area contributed by atoms with Crippen molar-refractivity contribution in [1.82, 2.24) is 15.5 Å². The number of nitrogens with zero attached hydrogens (tertiary/aromatic N) is 1. The molecule has 2 N–H and O–H groups in total. The Balaban J connectivity index is 1.72. The lowest BCUT2D eigenvalue weighted by Crippen LogP contribution is -2.44. The average molecular weight is 398 g/mol. The third kappa shape index (κ3) is 7.95. The lowest BCUT2D eigenvalue weighted by Gasteiger charge is -2.18. The summed E-state index contributed by atoms with van der Waals surface area (Å²) in [5.41, 5.74) is 3.16. The quantitative estimate of drug-likeness (QED) is 0.644. The van der Waals surface area contributed by atoms with Crippen LogP contribution in [-0.2, 0) is 29.2 Å². The highest BCUT2D eigenvalue weighted by Gasteiger charge is 2.16. The van der Waals surface area contributed by atoms with E-state index in [0.29, 0.717) is 6.54 Å². The van der Waals surface area contributed by atoms with E-state index in [1.165, 1.54) is 5.56 Å². The second-order valence-corrected chi connectivity index (χ2v) is 6.92. The van der Waals surface area contributed by atoms with Gasteiger partial charge in [0.1, 0.15) is 12.6 Å². The molecule has 0 heterocycles. The van der Waals surface area contributed by atoms with Crippen LogP contribution in [0.1, 0.15) is 37.5 Å². The number of hydrogen-bond acceptors (Lipinski definition) is 4. The molecular weight excluding hydrogens is 366 g/mol. The summed E-state index contributed by atoms with van der Waals surface area (Å²) < 4.78 is 5.14. The molecule has 0 aromatic heterocycles. The Labute approximate surface area is 173 Å². The highest BCUT2D eigenvalue weighted by Crippen LogP contribution is 2.08. The van der Waals surface area contributed by atoms with Gasteiger partial charge in [0.05, 0.1) is 0 Å². The molecule has 2 aromatic rings. The summed E-state index contributed by atoms with van der Waals surface area (Å²) in [6.07, 6.45) is -0.614. The first-order chi connectivity index (χ1) is 14.0. The van der Waals surface area contributed by atoms with Crippen LogP contribution in [0.25, 0.3) is 0 Å². The monoisotopic (exact) mass is 397 g/mol. The van der Waals surface area contributed by atoms with Gasteiger partial charge in [-0.15, -0.1) is 0 Å². The van der Waals surface area contributed by atoms with Crippen molar-refractivity contribution in [2.45, 2.75) is 46.5 Å². The maximum Gasteiger partial charge on any atom is 0.408 e. The minimum atomic E-state index is -0.680. The molecule has 6 nitrogen and oxygen atoms in total. The summed E-state index contributed by atoms with van der Waals surface area (Å²) in [4.78, 5) is 26.4. The average Bonchev–Trinajstić information content (AvgIpc) is 2.75. The van der Waals surface area contributed by atoms with Gasteiger partial charge in [0, 0.05) is 13.1 Å². The molecule has 0 spiro atoms. The molecule has 0 radical (unpaired) electrons. The van der Waals surface area contributed by atoms with Crippen molar-refractivity contribution >= 4 is 12.0 Å². The second-order valence-electron chi connectivity index (χ2n) is 6.92. The predicted molar refractivity (Wildman–Crippen MR) is 114 cm³/mol. The van der Waals surface area contributed by atoms with Gasteiger partial charge in [0.2, 0.25) is 5.91 Å². The van der Waals surface area contributed by atoms with E-state index in [9.17, 15) is 9.59 Å². The molecular formula is C23H31N3O3. The molecule has 0 bridgehead atoms. The first kappa shape index (κ1) is 22.4. The maximum atomic E-state index is 12.2. The summed E-state index contributed by atoms with van der Waals surface area (Å²) in [7, 11) is 0. The molecule has 156 valence electrons. The molecule has 2 rings (SSSR count). The van der Waals surface area contributed by atoms with Crippen LogP contribution in [0.15, 0.2) is 54.6 Å². The highest BCUT2D eigenvalue weighted by molar-refractivity contribution is 5.85. The maximum absolute atomic E-state index is 12.2. The number of nitrogens with one attached hydrogen (secondary N) is 2. The highest BCUT2D eigenvalue weighted by atomic mass is 16.5. The number of alkyl carbamates (subject to hydrolysis) is 1. The Morgan fingerprint density at radius 1 is 0.931 bits per heavy atom. The van der Waals surface area contributed by atoms with Crippen molar-refractivity contribution in [3.8, 4) is 0 Å². The van der Waals surface area contributed by atoms with E-state index in [4.69, 9.17) is 4.74 Å². The van der Waals surface area contributed by atoms with Crippen LogP contribution in [0.2, 0.25) is 0 Å². The van der Waals surface area contributed by atoms with E-state index in [0.717, 1.165) is 30.8 Å². The lowest BCUT2D eigenvalue weighted by atomic mass is 10.1. The molecule has 0 aliphatic carbocycles. The van der Waals surface area contributed by atoms with Gasteiger partial charge in [-0.3, -0.25) is 9.69 Å². The Morgan fingerprint density at radius 2 is 1.55 bits per heavy atom. The van der Waals surface area contributed by atoms with E-state index in [-0.39, 0.29) is 12.5 Å². The van der Waals surface area contributed by atoms with Crippen LogP contribution in [0.5, 0.6) is 0 Å². The summed E-state index contributed by atoms with van der Waals surface area (Å²) in [6.45, 7) is 9.48. The molecule has 6 heteroatoms. The Hall–Kier alpha value is -2.86. The van der Waals surface area contributed by atoms with Crippen LogP contribution in [0.4, 0.5) is 4.79 Å². The van der Waals surface area contributed by atoms with Gasteiger partial charge < -0.3 is 15.4 Å². The molecule has 0 saturated carbocycles. The van der Waals surface area contributed by atoms with Crippen molar-refractivity contribution in [3.63, 3.8) is 0 Å². The van der Waals surface area contributed by atoms with Crippen LogP contribution in [0.3, 0.4) is 0 Å². The van der Waals surface area contributed by atoms with Gasteiger partial charge in [-0.2, -0.15) is 0 Å². The van der Waals surface area contributed by atoms with E-state index in [1.54, 1.807) is 6.92 Å². The van der Waals surface area contributed by atoms with Crippen molar-refractivity contribution < 1.29 is 14.3 Å². The molecule has 0 saturated heterocycles. The van der Waals surface area contributed by atoms with Crippen molar-refractivity contribution in [3.05, 3.63) is 71.3 Å². The molecule has 0 aliphatic rings. The van der Waals surface area contributed by atoms with Crippen LogP contribution in [0, 0.1) is 0 Å². The standard InChI is InChI=1S/C23H31N3O3/c1-4-26(5-2)16-20-13-11-19(12-14-20)15-24-22(27)18(3)25-23(28)29-17-21-9-7-6-8-10-21/h6-14,18H,4-5,15-17H2,1-3H3,(H,24,27)(H,25,28)/t18-/m0/s1. The fraction of sp³-hybridized carbons (Fsp3) is 0.391. The number of carbonyl (C=O) groups excluding carboxylic acids is 2. The summed E-state index contributed by atoms with van der Waals surface area (Å²) in [5.74, 6) is -0.256. The zero-order chi connectivity index (χ0) is 21.1. The molecule has 0 fully saturated rings. The van der Waals surface area contributed by atoms with Gasteiger partial charge in [-0.05, 0) is 36.7 Å². The second kappa shape index (κ2) is 11.9. The molecule has 0 aliphatic heterocycles. The van der Waals surface area contributed by atoms with Crippen molar-refractivity contribution in [1.29, 1.82) is 0 Å². The number of carbonyl (C=O) groups is 2. The molecule has 2 amide bonds. The lowest BCUT2D eigenvalue weighted by molar-refractivity contribution is -0.122. The van der Waals surface area contributed by atoms with Gasteiger partial charge >= 0.3 is 6.09 Å². The zero-order valence-corrected chi connectivity index (χ0v) is 17.5. The molecule has 29 heavy (non-hydrogen) atoms. The fourth-order valence-electron chi connectivity index (χ4n) is 2.82. The first-order valence-corrected chi connectivity index (χ1v) is 10.1.